The van der Waals surface area contributed by atoms with Crippen LogP contribution in [0.2, 0.25) is 0 Å². The number of para-hydroxylation sites is 2. The number of rotatable bonds is 9. The van der Waals surface area contributed by atoms with Crippen LogP contribution < -0.4 is 5.32 Å². The second-order valence-corrected chi connectivity index (χ2v) is 9.19. The molecule has 5 rings (SSSR count). The van der Waals surface area contributed by atoms with E-state index >= 15 is 0 Å². The fourth-order valence-corrected chi connectivity index (χ4v) is 4.98. The maximum Gasteiger partial charge on any atom is 0.259 e. The van der Waals surface area contributed by atoms with Crippen LogP contribution in [0.4, 0.5) is 0 Å². The van der Waals surface area contributed by atoms with Crippen LogP contribution in [0.1, 0.15) is 17.5 Å². The number of hydrogen-bond donors (Lipinski definition) is 1. The minimum absolute atomic E-state index is 0.352. The highest BCUT2D eigenvalue weighted by Gasteiger charge is 2.35. The number of nitrogens with zero attached hydrogens (tertiary/aromatic N) is 3. The maximum absolute atomic E-state index is 13.2. The number of carbonyl (C=O) groups excluding carboxylic acids is 2. The van der Waals surface area contributed by atoms with Gasteiger partial charge >= 0.3 is 0 Å². The summed E-state index contributed by atoms with van der Waals surface area (Å²) in [5.41, 5.74) is 4.48. The number of nitrogens with one attached hydrogen (secondary N) is 1. The molecular formula is C28H30N4O3. The molecule has 35 heavy (non-hydrogen) atoms. The Morgan fingerprint density at radius 2 is 1.31 bits per heavy atom. The van der Waals surface area contributed by atoms with Gasteiger partial charge in [0.05, 0.1) is 17.8 Å². The van der Waals surface area contributed by atoms with Crippen LogP contribution in [-0.4, -0.2) is 60.2 Å². The van der Waals surface area contributed by atoms with Crippen LogP contribution in [0.25, 0.3) is 33.0 Å². The number of imide groups is 1. The standard InChI is InChI=1S/C28H30N4O3/c1-30(2)13-8-14-31-17-21(19-9-4-6-11-23(19)31)25-26(28(34)29-27(25)33)22-18-32(15-16-35-3)24-12-7-5-10-20(22)24/h4-7,9-12,17-18H,8,13-16H2,1-3H3,(H,29,33,34). The first-order valence-electron chi connectivity index (χ1n) is 11.9. The minimum atomic E-state index is -0.357. The van der Waals surface area contributed by atoms with Crippen LogP contribution >= 0.6 is 0 Å². The zero-order chi connectivity index (χ0) is 24.5. The molecule has 4 aromatic rings. The summed E-state index contributed by atoms with van der Waals surface area (Å²) in [7, 11) is 5.80. The highest BCUT2D eigenvalue weighted by atomic mass is 16.5. The molecule has 7 nitrogen and oxygen atoms in total. The van der Waals surface area contributed by atoms with Gasteiger partial charge in [-0.1, -0.05) is 36.4 Å². The Morgan fingerprint density at radius 3 is 1.83 bits per heavy atom. The van der Waals surface area contributed by atoms with E-state index in [-0.39, 0.29) is 11.8 Å². The first kappa shape index (κ1) is 23.1. The van der Waals surface area contributed by atoms with E-state index in [2.05, 4.69) is 39.5 Å². The van der Waals surface area contributed by atoms with Crippen molar-refractivity contribution in [3.8, 4) is 0 Å². The van der Waals surface area contributed by atoms with E-state index in [4.69, 9.17) is 4.74 Å². The molecular weight excluding hydrogens is 440 g/mol. The predicted molar refractivity (Wildman–Crippen MR) is 139 cm³/mol. The van der Waals surface area contributed by atoms with E-state index < -0.39 is 0 Å². The van der Waals surface area contributed by atoms with Crippen molar-refractivity contribution in [2.24, 2.45) is 0 Å². The number of fused-ring (bicyclic) bond motifs is 2. The highest BCUT2D eigenvalue weighted by molar-refractivity contribution is 6.50. The summed E-state index contributed by atoms with van der Waals surface area (Å²) in [6.45, 7) is 3.00. The summed E-state index contributed by atoms with van der Waals surface area (Å²) in [5.74, 6) is -0.709. The third-order valence-corrected chi connectivity index (χ3v) is 6.59. The Labute approximate surface area is 204 Å². The van der Waals surface area contributed by atoms with Crippen molar-refractivity contribution in [3.05, 3.63) is 72.1 Å². The minimum Gasteiger partial charge on any atom is -0.383 e. The number of ether oxygens (including phenoxy) is 1. The average molecular weight is 471 g/mol. The highest BCUT2D eigenvalue weighted by Crippen LogP contribution is 2.39. The third kappa shape index (κ3) is 4.17. The van der Waals surface area contributed by atoms with Crippen molar-refractivity contribution >= 4 is 44.8 Å². The van der Waals surface area contributed by atoms with Gasteiger partial charge in [-0.3, -0.25) is 14.9 Å². The van der Waals surface area contributed by atoms with Crippen molar-refractivity contribution in [3.63, 3.8) is 0 Å². The van der Waals surface area contributed by atoms with Crippen LogP contribution in [0, 0.1) is 0 Å². The van der Waals surface area contributed by atoms with Gasteiger partial charge in [0.15, 0.2) is 0 Å². The van der Waals surface area contributed by atoms with Crippen molar-refractivity contribution in [2.45, 2.75) is 19.5 Å². The Morgan fingerprint density at radius 1 is 0.800 bits per heavy atom. The summed E-state index contributed by atoms with van der Waals surface area (Å²) in [6, 6.07) is 16.0. The molecule has 0 saturated heterocycles. The third-order valence-electron chi connectivity index (χ3n) is 6.59. The molecule has 3 heterocycles. The molecule has 1 aliphatic rings. The summed E-state index contributed by atoms with van der Waals surface area (Å²) in [4.78, 5) is 28.6. The van der Waals surface area contributed by atoms with Gasteiger partial charge in [0, 0.05) is 65.5 Å². The Balaban J connectivity index is 1.70. The van der Waals surface area contributed by atoms with Crippen molar-refractivity contribution in [1.29, 1.82) is 0 Å². The molecule has 7 heteroatoms. The first-order valence-corrected chi connectivity index (χ1v) is 11.9. The van der Waals surface area contributed by atoms with Gasteiger partial charge in [-0.25, -0.2) is 0 Å². The van der Waals surface area contributed by atoms with Crippen molar-refractivity contribution in [2.75, 3.05) is 34.4 Å². The van der Waals surface area contributed by atoms with E-state index in [0.717, 1.165) is 52.4 Å². The molecule has 2 aromatic carbocycles. The molecule has 0 bridgehead atoms. The fourth-order valence-electron chi connectivity index (χ4n) is 4.98. The smallest absolute Gasteiger partial charge is 0.259 e. The van der Waals surface area contributed by atoms with Gasteiger partial charge in [-0.15, -0.1) is 0 Å². The lowest BCUT2D eigenvalue weighted by molar-refractivity contribution is -0.122. The summed E-state index contributed by atoms with van der Waals surface area (Å²) in [6.07, 6.45) is 4.97. The maximum atomic E-state index is 13.2. The molecule has 0 aliphatic carbocycles. The van der Waals surface area contributed by atoms with Gasteiger partial charge in [-0.05, 0) is 39.2 Å². The number of benzene rings is 2. The molecule has 0 atom stereocenters. The van der Waals surface area contributed by atoms with Crippen LogP contribution in [0.3, 0.4) is 0 Å². The largest absolute Gasteiger partial charge is 0.383 e. The van der Waals surface area contributed by atoms with E-state index in [9.17, 15) is 9.59 Å². The predicted octanol–water partition coefficient (Wildman–Crippen LogP) is 3.76. The molecule has 0 spiro atoms. The lowest BCUT2D eigenvalue weighted by atomic mass is 9.95. The SMILES string of the molecule is COCCn1cc(C2=C(c3cn(CCCN(C)C)c4ccccc34)C(=O)NC2=O)c2ccccc21. The number of methoxy groups -OCH3 is 1. The number of aryl methyl sites for hydroxylation is 1. The molecule has 0 radical (unpaired) electrons. The van der Waals surface area contributed by atoms with Gasteiger partial charge < -0.3 is 18.8 Å². The molecule has 0 saturated carbocycles. The first-order chi connectivity index (χ1) is 17.0. The second kappa shape index (κ2) is 9.52. The van der Waals surface area contributed by atoms with E-state index in [1.165, 1.54) is 0 Å². The van der Waals surface area contributed by atoms with E-state index in [0.29, 0.717) is 24.3 Å². The second-order valence-electron chi connectivity index (χ2n) is 9.19. The Kier molecular flexibility index (Phi) is 6.28. The van der Waals surface area contributed by atoms with E-state index in [1.54, 1.807) is 7.11 Å². The van der Waals surface area contributed by atoms with Gasteiger partial charge in [-0.2, -0.15) is 0 Å². The van der Waals surface area contributed by atoms with Crippen molar-refractivity contribution in [1.82, 2.24) is 19.4 Å². The summed E-state index contributed by atoms with van der Waals surface area (Å²) in [5, 5.41) is 4.47. The molecule has 1 N–H and O–H groups in total. The lowest BCUT2D eigenvalue weighted by Crippen LogP contribution is -2.22. The topological polar surface area (TPSA) is 68.5 Å². The number of aromatic nitrogens is 2. The molecule has 0 fully saturated rings. The Bertz CT molecular complexity index is 1460. The molecule has 0 unspecified atom stereocenters. The number of hydrogen-bond acceptors (Lipinski definition) is 4. The molecule has 1 aliphatic heterocycles. The van der Waals surface area contributed by atoms with Gasteiger partial charge in [0.2, 0.25) is 0 Å². The fraction of sp³-hybridized carbons (Fsp3) is 0.286. The van der Waals surface area contributed by atoms with Gasteiger partial charge in [0.25, 0.3) is 11.8 Å². The molecule has 180 valence electrons. The average Bonchev–Trinajstić information content (AvgIpc) is 3.48. The van der Waals surface area contributed by atoms with Crippen molar-refractivity contribution < 1.29 is 14.3 Å². The summed E-state index contributed by atoms with van der Waals surface area (Å²) >= 11 is 0. The summed E-state index contributed by atoms with van der Waals surface area (Å²) < 4.78 is 9.56. The zero-order valence-corrected chi connectivity index (χ0v) is 20.4. The van der Waals surface area contributed by atoms with Crippen LogP contribution in [-0.2, 0) is 27.4 Å². The molecule has 2 aromatic heterocycles. The van der Waals surface area contributed by atoms with Gasteiger partial charge in [0.1, 0.15) is 0 Å². The monoisotopic (exact) mass is 470 g/mol. The normalized spacial score (nSPS) is 14.2. The van der Waals surface area contributed by atoms with Crippen LogP contribution in [0.5, 0.6) is 0 Å². The van der Waals surface area contributed by atoms with Crippen LogP contribution in [0.15, 0.2) is 60.9 Å². The number of amides is 2. The number of carbonyl (C=O) groups is 2. The van der Waals surface area contributed by atoms with E-state index in [1.807, 2.05) is 54.9 Å². The quantitative estimate of drug-likeness (QED) is 0.378. The zero-order valence-electron chi connectivity index (χ0n) is 20.4. The lowest BCUT2D eigenvalue weighted by Gasteiger charge is -2.10. The molecule has 2 amide bonds. The Hall–Kier alpha value is -3.68.